The Labute approximate surface area is 94.8 Å². The maximum atomic E-state index is 11.5. The zero-order valence-electron chi connectivity index (χ0n) is 9.53. The fourth-order valence-corrected chi connectivity index (χ4v) is 1.35. The molecule has 0 aliphatic heterocycles. The third-order valence-corrected chi connectivity index (χ3v) is 2.22. The Bertz CT molecular complexity index is 323. The van der Waals surface area contributed by atoms with Crippen molar-refractivity contribution in [2.45, 2.75) is 32.6 Å². The quantitative estimate of drug-likeness (QED) is 0.686. The van der Waals surface area contributed by atoms with Gasteiger partial charge in [-0.05, 0) is 19.8 Å². The molecule has 1 aromatic heterocycles. The number of aliphatic hydroxyl groups excluding tert-OH is 1. The molecule has 0 spiro atoms. The van der Waals surface area contributed by atoms with Gasteiger partial charge in [-0.3, -0.25) is 4.79 Å². The molecule has 1 aromatic rings. The Kier molecular flexibility index (Phi) is 5.56. The molecule has 0 aliphatic rings. The van der Waals surface area contributed by atoms with Crippen molar-refractivity contribution in [2.24, 2.45) is 0 Å². The molecule has 0 saturated heterocycles. The summed E-state index contributed by atoms with van der Waals surface area (Å²) >= 11 is 0. The van der Waals surface area contributed by atoms with Gasteiger partial charge in [0.25, 0.3) is 5.91 Å². The third-order valence-electron chi connectivity index (χ3n) is 2.22. The number of rotatable bonds is 7. The molecule has 1 rings (SSSR count). The number of carbonyl (C=O) groups excluding carboxylic acids is 1. The summed E-state index contributed by atoms with van der Waals surface area (Å²) in [6.07, 6.45) is 3.75. The first-order valence-electron chi connectivity index (χ1n) is 5.56. The monoisotopic (exact) mass is 226 g/mol. The minimum Gasteiger partial charge on any atom is -0.396 e. The second-order valence-corrected chi connectivity index (χ2v) is 3.73. The molecule has 5 heteroatoms. The van der Waals surface area contributed by atoms with Crippen LogP contribution in [0.1, 0.15) is 41.9 Å². The Morgan fingerprint density at radius 2 is 2.19 bits per heavy atom. The van der Waals surface area contributed by atoms with Crippen molar-refractivity contribution in [1.29, 1.82) is 0 Å². The fraction of sp³-hybridized carbons (Fsp3) is 0.636. The van der Waals surface area contributed by atoms with Crippen LogP contribution in [0.5, 0.6) is 0 Å². The first-order valence-corrected chi connectivity index (χ1v) is 5.56. The van der Waals surface area contributed by atoms with Crippen LogP contribution in [0.3, 0.4) is 0 Å². The van der Waals surface area contributed by atoms with Crippen molar-refractivity contribution in [3.63, 3.8) is 0 Å². The molecular weight excluding hydrogens is 208 g/mol. The van der Waals surface area contributed by atoms with Crippen molar-refractivity contribution >= 4 is 5.91 Å². The van der Waals surface area contributed by atoms with Crippen LogP contribution < -0.4 is 5.32 Å². The van der Waals surface area contributed by atoms with Crippen molar-refractivity contribution < 1.29 is 14.4 Å². The van der Waals surface area contributed by atoms with Crippen LogP contribution in [0.25, 0.3) is 0 Å². The minimum absolute atomic E-state index is 0.220. The van der Waals surface area contributed by atoms with Gasteiger partial charge in [-0.15, -0.1) is 0 Å². The van der Waals surface area contributed by atoms with E-state index in [9.17, 15) is 4.79 Å². The van der Waals surface area contributed by atoms with E-state index in [-0.39, 0.29) is 18.3 Å². The fourth-order valence-electron chi connectivity index (χ4n) is 1.35. The number of hydrogen-bond acceptors (Lipinski definition) is 4. The molecule has 1 amide bonds. The van der Waals surface area contributed by atoms with Gasteiger partial charge in [0.15, 0.2) is 0 Å². The minimum atomic E-state index is -0.220. The van der Waals surface area contributed by atoms with E-state index in [2.05, 4.69) is 10.5 Å². The highest BCUT2D eigenvalue weighted by Crippen LogP contribution is 2.02. The maximum absolute atomic E-state index is 11.5. The molecule has 0 fully saturated rings. The van der Waals surface area contributed by atoms with Gasteiger partial charge >= 0.3 is 0 Å². The molecular formula is C11H18N2O3. The van der Waals surface area contributed by atoms with Crippen LogP contribution in [0.4, 0.5) is 0 Å². The smallest absolute Gasteiger partial charge is 0.289 e. The van der Waals surface area contributed by atoms with Gasteiger partial charge in [0.05, 0.1) is 5.69 Å². The van der Waals surface area contributed by atoms with Gasteiger partial charge < -0.3 is 14.9 Å². The van der Waals surface area contributed by atoms with E-state index in [1.165, 1.54) is 0 Å². The first kappa shape index (κ1) is 12.7. The molecule has 0 aliphatic carbocycles. The largest absolute Gasteiger partial charge is 0.396 e. The number of aliphatic hydroxyl groups is 1. The number of carbonyl (C=O) groups is 1. The summed E-state index contributed by atoms with van der Waals surface area (Å²) in [7, 11) is 0. The van der Waals surface area contributed by atoms with E-state index < -0.39 is 0 Å². The molecule has 90 valence electrons. The Morgan fingerprint density at radius 1 is 1.44 bits per heavy atom. The molecule has 5 nitrogen and oxygen atoms in total. The number of aryl methyl sites for hydroxylation is 1. The number of aromatic nitrogens is 1. The lowest BCUT2D eigenvalue weighted by Gasteiger charge is -2.01. The zero-order chi connectivity index (χ0) is 11.8. The third kappa shape index (κ3) is 4.44. The highest BCUT2D eigenvalue weighted by Gasteiger charge is 2.09. The average Bonchev–Trinajstić information content (AvgIpc) is 2.70. The summed E-state index contributed by atoms with van der Waals surface area (Å²) in [5, 5.41) is 15.0. The highest BCUT2D eigenvalue weighted by atomic mass is 16.5. The summed E-state index contributed by atoms with van der Waals surface area (Å²) in [6.45, 7) is 2.64. The van der Waals surface area contributed by atoms with Gasteiger partial charge in [0.2, 0.25) is 5.76 Å². The first-order chi connectivity index (χ1) is 7.74. The predicted molar refractivity (Wildman–Crippen MR) is 59.1 cm³/mol. The van der Waals surface area contributed by atoms with E-state index >= 15 is 0 Å². The zero-order valence-corrected chi connectivity index (χ0v) is 9.53. The van der Waals surface area contributed by atoms with Gasteiger partial charge in [0.1, 0.15) is 0 Å². The van der Waals surface area contributed by atoms with Crippen molar-refractivity contribution in [3.05, 3.63) is 17.5 Å². The molecule has 0 unspecified atom stereocenters. The van der Waals surface area contributed by atoms with E-state index in [0.717, 1.165) is 25.7 Å². The molecule has 1 heterocycles. The van der Waals surface area contributed by atoms with Crippen molar-refractivity contribution in [1.82, 2.24) is 10.5 Å². The molecule has 0 bridgehead atoms. The lowest BCUT2D eigenvalue weighted by Crippen LogP contribution is -2.23. The number of nitrogens with one attached hydrogen (secondary N) is 1. The Morgan fingerprint density at radius 3 is 2.81 bits per heavy atom. The normalized spacial score (nSPS) is 10.4. The lowest BCUT2D eigenvalue weighted by molar-refractivity contribution is 0.0916. The van der Waals surface area contributed by atoms with Crippen LogP contribution in [0.15, 0.2) is 10.6 Å². The van der Waals surface area contributed by atoms with Gasteiger partial charge in [-0.1, -0.05) is 18.0 Å². The summed E-state index contributed by atoms with van der Waals surface area (Å²) < 4.78 is 4.83. The number of amides is 1. The Balaban J connectivity index is 2.11. The van der Waals surface area contributed by atoms with Crippen molar-refractivity contribution in [3.8, 4) is 0 Å². The van der Waals surface area contributed by atoms with Crippen molar-refractivity contribution in [2.75, 3.05) is 13.2 Å². The molecule has 0 atom stereocenters. The highest BCUT2D eigenvalue weighted by molar-refractivity contribution is 5.91. The number of unbranched alkanes of at least 4 members (excludes halogenated alkanes) is 3. The number of nitrogens with zero attached hydrogens (tertiary/aromatic N) is 1. The molecule has 0 saturated carbocycles. The van der Waals surface area contributed by atoms with Crippen LogP contribution in [-0.4, -0.2) is 29.3 Å². The SMILES string of the molecule is Cc1cc(C(=O)NCCCCCCO)on1. The van der Waals surface area contributed by atoms with Crippen LogP contribution in [0, 0.1) is 6.92 Å². The molecule has 0 radical (unpaired) electrons. The van der Waals surface area contributed by atoms with E-state index in [0.29, 0.717) is 12.2 Å². The average molecular weight is 226 g/mol. The number of hydrogen-bond donors (Lipinski definition) is 2. The van der Waals surface area contributed by atoms with Gasteiger partial charge in [0, 0.05) is 19.2 Å². The summed E-state index contributed by atoms with van der Waals surface area (Å²) in [6, 6.07) is 1.61. The summed E-state index contributed by atoms with van der Waals surface area (Å²) in [5.41, 5.74) is 0.702. The second-order valence-electron chi connectivity index (χ2n) is 3.73. The predicted octanol–water partition coefficient (Wildman–Crippen LogP) is 1.27. The molecule has 16 heavy (non-hydrogen) atoms. The second kappa shape index (κ2) is 7.00. The lowest BCUT2D eigenvalue weighted by atomic mass is 10.2. The van der Waals surface area contributed by atoms with Crippen LogP contribution in [-0.2, 0) is 0 Å². The Hall–Kier alpha value is -1.36. The summed E-state index contributed by atoms with van der Waals surface area (Å²) in [5.74, 6) is 0.0376. The van der Waals surface area contributed by atoms with Gasteiger partial charge in [-0.25, -0.2) is 0 Å². The van der Waals surface area contributed by atoms with Crippen LogP contribution in [0.2, 0.25) is 0 Å². The van der Waals surface area contributed by atoms with Gasteiger partial charge in [-0.2, -0.15) is 0 Å². The van der Waals surface area contributed by atoms with Crippen LogP contribution >= 0.6 is 0 Å². The molecule has 0 aromatic carbocycles. The van der Waals surface area contributed by atoms with E-state index in [4.69, 9.17) is 9.63 Å². The van der Waals surface area contributed by atoms with E-state index in [1.54, 1.807) is 13.0 Å². The standard InChI is InChI=1S/C11H18N2O3/c1-9-8-10(16-13-9)11(15)12-6-4-2-3-5-7-14/h8,14H,2-7H2,1H3,(H,12,15). The van der Waals surface area contributed by atoms with E-state index in [1.807, 2.05) is 0 Å². The topological polar surface area (TPSA) is 75.4 Å². The summed E-state index contributed by atoms with van der Waals surface area (Å²) in [4.78, 5) is 11.5. The maximum Gasteiger partial charge on any atom is 0.289 e. The molecule has 2 N–H and O–H groups in total.